The number of carboxylic acids is 1. The van der Waals surface area contributed by atoms with Crippen LogP contribution in [-0.4, -0.2) is 50.8 Å². The Morgan fingerprint density at radius 3 is 2.27 bits per heavy atom. The zero-order valence-electron chi connectivity index (χ0n) is 10.2. The standard InChI is InChI=1S/C9H11NO3.Mg.H2O.2H/c10-8(9(12)13)5-6-1-3-7(11)4-2-6;;;;/h1-4,8,11H,5,10H2,(H,12,13);;1H2;;/q;+2;;2*-1. The summed E-state index contributed by atoms with van der Waals surface area (Å²) < 4.78 is 0. The number of hydrogen-bond acceptors (Lipinski definition) is 3. The molecule has 0 bridgehead atoms. The van der Waals surface area contributed by atoms with Gasteiger partial charge in [0.25, 0.3) is 0 Å². The number of benzene rings is 1. The molecule has 6 N–H and O–H groups in total. The van der Waals surface area contributed by atoms with E-state index < -0.39 is 12.0 Å². The second kappa shape index (κ2) is 7.47. The van der Waals surface area contributed by atoms with Gasteiger partial charge in [0.15, 0.2) is 0 Å². The van der Waals surface area contributed by atoms with Crippen LogP contribution in [-0.2, 0) is 11.2 Å². The molecule has 1 unspecified atom stereocenters. The Labute approximate surface area is 106 Å². The summed E-state index contributed by atoms with van der Waals surface area (Å²) in [5.74, 6) is -0.860. The molecule has 0 amide bonds. The Morgan fingerprint density at radius 1 is 1.40 bits per heavy atom. The molecule has 0 aliphatic carbocycles. The molecule has 0 aliphatic rings. The van der Waals surface area contributed by atoms with Crippen molar-refractivity contribution in [2.24, 2.45) is 5.73 Å². The van der Waals surface area contributed by atoms with Gasteiger partial charge in [-0.25, -0.2) is 0 Å². The summed E-state index contributed by atoms with van der Waals surface area (Å²) in [6.07, 6.45) is 0.273. The molecular formula is C9H15MgNO4. The van der Waals surface area contributed by atoms with Crippen LogP contribution in [0.2, 0.25) is 0 Å². The fraction of sp³-hybridized carbons (Fsp3) is 0.222. The maximum absolute atomic E-state index is 10.4. The predicted molar refractivity (Wildman–Crippen MR) is 59.0 cm³/mol. The molecule has 82 valence electrons. The molecule has 0 saturated heterocycles. The SMILES string of the molecule is NC(Cc1ccc(O)cc1)C(=O)O.O.[H-].[H-].[Mg+2]. The van der Waals surface area contributed by atoms with Crippen molar-refractivity contribution in [1.29, 1.82) is 0 Å². The Bertz CT molecular complexity index is 310. The van der Waals surface area contributed by atoms with E-state index in [9.17, 15) is 4.79 Å². The number of aromatic hydroxyl groups is 1. The number of phenolic OH excluding ortho intramolecular Hbond substituents is 1. The zero-order valence-corrected chi connectivity index (χ0v) is 9.60. The van der Waals surface area contributed by atoms with Crippen LogP contribution < -0.4 is 5.73 Å². The largest absolute Gasteiger partial charge is 2.00 e. The second-order valence-corrected chi connectivity index (χ2v) is 2.82. The first-order valence-corrected chi connectivity index (χ1v) is 3.86. The fourth-order valence-electron chi connectivity index (χ4n) is 0.973. The number of phenols is 1. The first kappa shape index (κ1) is 16.6. The van der Waals surface area contributed by atoms with Crippen LogP contribution in [0.4, 0.5) is 0 Å². The maximum Gasteiger partial charge on any atom is 2.00 e. The van der Waals surface area contributed by atoms with Crippen LogP contribution in [0, 0.1) is 0 Å². The third-order valence-electron chi connectivity index (χ3n) is 1.71. The van der Waals surface area contributed by atoms with Gasteiger partial charge in [-0.1, -0.05) is 12.1 Å². The minimum Gasteiger partial charge on any atom is -1.00 e. The quantitative estimate of drug-likeness (QED) is 0.594. The Hall–Kier alpha value is -0.824. The first-order chi connectivity index (χ1) is 6.09. The van der Waals surface area contributed by atoms with E-state index in [1.54, 1.807) is 12.1 Å². The van der Waals surface area contributed by atoms with Crippen molar-refractivity contribution in [2.75, 3.05) is 0 Å². The Morgan fingerprint density at radius 2 is 1.87 bits per heavy atom. The van der Waals surface area contributed by atoms with E-state index in [-0.39, 0.29) is 43.6 Å². The van der Waals surface area contributed by atoms with Crippen LogP contribution in [0.1, 0.15) is 8.42 Å². The molecule has 5 nitrogen and oxygen atoms in total. The fourth-order valence-corrected chi connectivity index (χ4v) is 0.973. The van der Waals surface area contributed by atoms with Crippen molar-refractivity contribution in [1.82, 2.24) is 0 Å². The third-order valence-corrected chi connectivity index (χ3v) is 1.71. The summed E-state index contributed by atoms with van der Waals surface area (Å²) in [7, 11) is 0. The molecule has 1 atom stereocenters. The molecule has 1 rings (SSSR count). The van der Waals surface area contributed by atoms with Crippen LogP contribution in [0.25, 0.3) is 0 Å². The van der Waals surface area contributed by atoms with E-state index in [1.165, 1.54) is 12.1 Å². The molecule has 0 spiro atoms. The molecule has 0 saturated carbocycles. The normalized spacial score (nSPS) is 10.7. The molecule has 15 heavy (non-hydrogen) atoms. The maximum atomic E-state index is 10.4. The van der Waals surface area contributed by atoms with Gasteiger partial charge in [0.2, 0.25) is 0 Å². The zero-order chi connectivity index (χ0) is 9.84. The molecule has 0 fully saturated rings. The van der Waals surface area contributed by atoms with Crippen LogP contribution in [0.15, 0.2) is 24.3 Å². The number of nitrogens with two attached hydrogens (primary N) is 1. The number of carboxylic acid groups (broad SMARTS) is 1. The molecular weight excluding hydrogens is 210 g/mol. The van der Waals surface area contributed by atoms with Gasteiger partial charge in [-0.3, -0.25) is 4.79 Å². The number of carbonyl (C=O) groups is 1. The minimum absolute atomic E-state index is 0. The number of hydrogen-bond donors (Lipinski definition) is 3. The molecule has 0 radical (unpaired) electrons. The van der Waals surface area contributed by atoms with Crippen molar-refractivity contribution in [3.05, 3.63) is 29.8 Å². The Kier molecular flexibility index (Phi) is 8.26. The van der Waals surface area contributed by atoms with E-state index >= 15 is 0 Å². The van der Waals surface area contributed by atoms with E-state index in [4.69, 9.17) is 15.9 Å². The minimum atomic E-state index is -1.02. The van der Waals surface area contributed by atoms with Crippen LogP contribution in [0.3, 0.4) is 0 Å². The molecule has 1 aromatic carbocycles. The van der Waals surface area contributed by atoms with Gasteiger partial charge < -0.3 is 24.3 Å². The molecule has 0 aliphatic heterocycles. The van der Waals surface area contributed by atoms with Gasteiger partial charge in [-0.05, 0) is 24.1 Å². The average molecular weight is 226 g/mol. The van der Waals surface area contributed by atoms with E-state index in [1.807, 2.05) is 0 Å². The monoisotopic (exact) mass is 225 g/mol. The number of rotatable bonds is 3. The summed E-state index contributed by atoms with van der Waals surface area (Å²) >= 11 is 0. The van der Waals surface area contributed by atoms with Crippen LogP contribution >= 0.6 is 0 Å². The average Bonchev–Trinajstić information content (AvgIpc) is 2.08. The predicted octanol–water partition coefficient (Wildman–Crippen LogP) is -0.634. The van der Waals surface area contributed by atoms with Gasteiger partial charge in [0.1, 0.15) is 11.8 Å². The number of aliphatic carboxylic acids is 1. The topological polar surface area (TPSA) is 115 Å². The van der Waals surface area contributed by atoms with Gasteiger partial charge >= 0.3 is 29.0 Å². The van der Waals surface area contributed by atoms with Crippen LogP contribution in [0.5, 0.6) is 5.75 Å². The van der Waals surface area contributed by atoms with Crippen molar-refractivity contribution in [3.8, 4) is 5.75 Å². The summed E-state index contributed by atoms with van der Waals surface area (Å²) in [5, 5.41) is 17.5. The first-order valence-electron chi connectivity index (χ1n) is 3.86. The molecule has 0 aromatic heterocycles. The van der Waals surface area contributed by atoms with Gasteiger partial charge in [0.05, 0.1) is 0 Å². The summed E-state index contributed by atoms with van der Waals surface area (Å²) in [5.41, 5.74) is 6.12. The van der Waals surface area contributed by atoms with E-state index in [0.717, 1.165) is 5.56 Å². The molecule has 1 aromatic rings. The van der Waals surface area contributed by atoms with Gasteiger partial charge in [-0.15, -0.1) is 0 Å². The molecule has 0 heterocycles. The van der Waals surface area contributed by atoms with Gasteiger partial charge in [-0.2, -0.15) is 0 Å². The smallest absolute Gasteiger partial charge is 1.00 e. The van der Waals surface area contributed by atoms with Crippen molar-refractivity contribution in [2.45, 2.75) is 12.5 Å². The molecule has 6 heteroatoms. The van der Waals surface area contributed by atoms with E-state index in [2.05, 4.69) is 0 Å². The van der Waals surface area contributed by atoms with Crippen molar-refractivity contribution in [3.63, 3.8) is 0 Å². The van der Waals surface area contributed by atoms with Gasteiger partial charge in [0, 0.05) is 0 Å². The summed E-state index contributed by atoms with van der Waals surface area (Å²) in [6.45, 7) is 0. The summed E-state index contributed by atoms with van der Waals surface area (Å²) in [4.78, 5) is 10.4. The third kappa shape index (κ3) is 5.58. The van der Waals surface area contributed by atoms with E-state index in [0.29, 0.717) is 0 Å². The van der Waals surface area contributed by atoms with Crippen molar-refractivity contribution < 1.29 is 23.3 Å². The van der Waals surface area contributed by atoms with Crippen molar-refractivity contribution >= 4 is 29.0 Å². The second-order valence-electron chi connectivity index (χ2n) is 2.82. The summed E-state index contributed by atoms with van der Waals surface area (Å²) in [6, 6.07) is 5.42. The Balaban J connectivity index is -0.000000211.